The van der Waals surface area contributed by atoms with E-state index in [9.17, 15) is 0 Å². The van der Waals surface area contributed by atoms with Crippen molar-refractivity contribution in [3.63, 3.8) is 0 Å². The summed E-state index contributed by atoms with van der Waals surface area (Å²) in [6.07, 6.45) is 1.11. The molecule has 0 aliphatic rings. The van der Waals surface area contributed by atoms with Crippen LogP contribution in [0.2, 0.25) is 5.02 Å². The lowest BCUT2D eigenvalue weighted by Crippen LogP contribution is -2.10. The predicted octanol–water partition coefficient (Wildman–Crippen LogP) is 3.51. The van der Waals surface area contributed by atoms with E-state index in [4.69, 9.17) is 22.7 Å². The SMILES string of the molecule is CCC(C)Sc1ccc(C(=N)N)cc1Cl. The Bertz CT molecular complexity index is 366. The molecule has 15 heavy (non-hydrogen) atoms. The Hall–Kier alpha value is -0.670. The minimum absolute atomic E-state index is 0.0528. The van der Waals surface area contributed by atoms with E-state index in [1.165, 1.54) is 0 Å². The molecule has 1 unspecified atom stereocenters. The van der Waals surface area contributed by atoms with Gasteiger partial charge in [-0.1, -0.05) is 31.5 Å². The highest BCUT2D eigenvalue weighted by Gasteiger charge is 2.07. The lowest BCUT2D eigenvalue weighted by molar-refractivity contribution is 0.905. The summed E-state index contributed by atoms with van der Waals surface area (Å²) < 4.78 is 0. The number of hydrogen-bond acceptors (Lipinski definition) is 2. The normalized spacial score (nSPS) is 12.5. The predicted molar refractivity (Wildman–Crippen MR) is 68.1 cm³/mol. The largest absolute Gasteiger partial charge is 0.384 e. The first-order valence-corrected chi connectivity index (χ1v) is 6.11. The molecule has 0 saturated heterocycles. The molecule has 0 amide bonds. The Labute approximate surface area is 99.7 Å². The van der Waals surface area contributed by atoms with E-state index >= 15 is 0 Å². The second kappa shape index (κ2) is 5.42. The number of hydrogen-bond donors (Lipinski definition) is 2. The molecule has 1 atom stereocenters. The maximum absolute atomic E-state index is 7.29. The van der Waals surface area contributed by atoms with Crippen LogP contribution >= 0.6 is 23.4 Å². The molecule has 0 aromatic heterocycles. The molecule has 0 spiro atoms. The number of thioether (sulfide) groups is 1. The van der Waals surface area contributed by atoms with Gasteiger partial charge in [0, 0.05) is 15.7 Å². The highest BCUT2D eigenvalue weighted by atomic mass is 35.5. The maximum atomic E-state index is 7.29. The smallest absolute Gasteiger partial charge is 0.122 e. The van der Waals surface area contributed by atoms with Crippen molar-refractivity contribution in [1.29, 1.82) is 5.41 Å². The fourth-order valence-corrected chi connectivity index (χ4v) is 2.30. The lowest BCUT2D eigenvalue weighted by Gasteiger charge is -2.10. The van der Waals surface area contributed by atoms with Crippen LogP contribution in [-0.4, -0.2) is 11.1 Å². The summed E-state index contributed by atoms with van der Waals surface area (Å²) >= 11 is 7.85. The standard InChI is InChI=1S/C11H15ClN2S/c1-3-7(2)15-10-5-4-8(11(13)14)6-9(10)12/h4-7H,3H2,1-2H3,(H3,13,14). The molecule has 82 valence electrons. The summed E-state index contributed by atoms with van der Waals surface area (Å²) in [7, 11) is 0. The van der Waals surface area contributed by atoms with Crippen LogP contribution in [0.1, 0.15) is 25.8 Å². The number of nitrogens with two attached hydrogens (primary N) is 1. The van der Waals surface area contributed by atoms with E-state index in [1.54, 1.807) is 17.8 Å². The maximum Gasteiger partial charge on any atom is 0.122 e. The highest BCUT2D eigenvalue weighted by molar-refractivity contribution is 8.00. The molecule has 0 aliphatic heterocycles. The average Bonchev–Trinajstić information content (AvgIpc) is 2.20. The topological polar surface area (TPSA) is 49.9 Å². The third-order valence-corrected chi connectivity index (χ3v) is 3.92. The molecule has 3 N–H and O–H groups in total. The molecular formula is C11H15ClN2S. The molecule has 2 nitrogen and oxygen atoms in total. The van der Waals surface area contributed by atoms with E-state index in [2.05, 4.69) is 13.8 Å². The van der Waals surface area contributed by atoms with Gasteiger partial charge >= 0.3 is 0 Å². The molecule has 0 saturated carbocycles. The fraction of sp³-hybridized carbons (Fsp3) is 0.364. The van der Waals surface area contributed by atoms with Crippen LogP contribution in [-0.2, 0) is 0 Å². The van der Waals surface area contributed by atoms with E-state index in [0.29, 0.717) is 15.8 Å². The number of rotatable bonds is 4. The van der Waals surface area contributed by atoms with Crippen molar-refractivity contribution in [3.05, 3.63) is 28.8 Å². The van der Waals surface area contributed by atoms with Crippen molar-refractivity contribution in [3.8, 4) is 0 Å². The Morgan fingerprint density at radius 3 is 2.73 bits per heavy atom. The molecule has 1 rings (SSSR count). The molecule has 1 aromatic carbocycles. The Kier molecular flexibility index (Phi) is 4.48. The van der Waals surface area contributed by atoms with Gasteiger partial charge in [0.2, 0.25) is 0 Å². The second-order valence-corrected chi connectivity index (χ2v) is 5.28. The minimum atomic E-state index is 0.0528. The zero-order chi connectivity index (χ0) is 11.4. The van der Waals surface area contributed by atoms with E-state index < -0.39 is 0 Å². The van der Waals surface area contributed by atoms with Crippen LogP contribution in [0, 0.1) is 5.41 Å². The van der Waals surface area contributed by atoms with E-state index in [1.807, 2.05) is 12.1 Å². The van der Waals surface area contributed by atoms with Gasteiger partial charge in [-0.2, -0.15) is 0 Å². The van der Waals surface area contributed by atoms with Gasteiger partial charge in [-0.3, -0.25) is 5.41 Å². The number of nitrogens with one attached hydrogen (secondary N) is 1. The summed E-state index contributed by atoms with van der Waals surface area (Å²) in [6, 6.07) is 5.50. The number of benzene rings is 1. The first-order valence-electron chi connectivity index (χ1n) is 4.85. The monoisotopic (exact) mass is 242 g/mol. The highest BCUT2D eigenvalue weighted by Crippen LogP contribution is 2.31. The van der Waals surface area contributed by atoms with Gasteiger partial charge < -0.3 is 5.73 Å². The molecule has 0 fully saturated rings. The van der Waals surface area contributed by atoms with Crippen LogP contribution in [0.15, 0.2) is 23.1 Å². The fourth-order valence-electron chi connectivity index (χ4n) is 1.06. The van der Waals surface area contributed by atoms with Crippen molar-refractivity contribution in [2.45, 2.75) is 30.4 Å². The molecule has 1 aromatic rings. The third-order valence-electron chi connectivity index (χ3n) is 2.15. The zero-order valence-corrected chi connectivity index (χ0v) is 10.5. The van der Waals surface area contributed by atoms with Crippen molar-refractivity contribution in [2.75, 3.05) is 0 Å². The van der Waals surface area contributed by atoms with E-state index in [0.717, 1.165) is 11.3 Å². The van der Waals surface area contributed by atoms with Crippen LogP contribution in [0.4, 0.5) is 0 Å². The summed E-state index contributed by atoms with van der Waals surface area (Å²) in [6.45, 7) is 4.31. The van der Waals surface area contributed by atoms with Crippen LogP contribution in [0.25, 0.3) is 0 Å². The van der Waals surface area contributed by atoms with Crippen molar-refractivity contribution in [1.82, 2.24) is 0 Å². The van der Waals surface area contributed by atoms with Crippen molar-refractivity contribution >= 4 is 29.2 Å². The molecular weight excluding hydrogens is 228 g/mol. The molecule has 0 aliphatic carbocycles. The summed E-state index contributed by atoms with van der Waals surface area (Å²) in [5.74, 6) is 0.0528. The van der Waals surface area contributed by atoms with Crippen molar-refractivity contribution < 1.29 is 0 Å². The van der Waals surface area contributed by atoms with Crippen molar-refractivity contribution in [2.24, 2.45) is 5.73 Å². The first kappa shape index (κ1) is 12.4. The molecule has 0 heterocycles. The quantitative estimate of drug-likeness (QED) is 0.482. The second-order valence-electron chi connectivity index (χ2n) is 3.40. The Balaban J connectivity index is 2.88. The minimum Gasteiger partial charge on any atom is -0.384 e. The van der Waals surface area contributed by atoms with E-state index in [-0.39, 0.29) is 5.84 Å². The Morgan fingerprint density at radius 1 is 1.60 bits per heavy atom. The lowest BCUT2D eigenvalue weighted by atomic mass is 10.2. The van der Waals surface area contributed by atoms with Gasteiger partial charge in [0.25, 0.3) is 0 Å². The van der Waals surface area contributed by atoms with Gasteiger partial charge in [-0.05, 0) is 18.6 Å². The zero-order valence-electron chi connectivity index (χ0n) is 8.88. The van der Waals surface area contributed by atoms with Gasteiger partial charge in [-0.15, -0.1) is 11.8 Å². The van der Waals surface area contributed by atoms with Crippen LogP contribution in [0.3, 0.4) is 0 Å². The third kappa shape index (κ3) is 3.43. The van der Waals surface area contributed by atoms with Gasteiger partial charge in [0.1, 0.15) is 5.84 Å². The van der Waals surface area contributed by atoms with Gasteiger partial charge in [-0.25, -0.2) is 0 Å². The Morgan fingerprint density at radius 2 is 2.27 bits per heavy atom. The van der Waals surface area contributed by atoms with Gasteiger partial charge in [0.15, 0.2) is 0 Å². The summed E-state index contributed by atoms with van der Waals surface area (Å²) in [5.41, 5.74) is 6.05. The van der Waals surface area contributed by atoms with Crippen LogP contribution in [0.5, 0.6) is 0 Å². The van der Waals surface area contributed by atoms with Gasteiger partial charge in [0.05, 0.1) is 5.02 Å². The molecule has 4 heteroatoms. The molecule has 0 radical (unpaired) electrons. The van der Waals surface area contributed by atoms with Crippen LogP contribution < -0.4 is 5.73 Å². The first-order chi connectivity index (χ1) is 7.04. The summed E-state index contributed by atoms with van der Waals surface area (Å²) in [5, 5.41) is 8.51. The number of amidine groups is 1. The molecule has 0 bridgehead atoms. The summed E-state index contributed by atoms with van der Waals surface area (Å²) in [4.78, 5) is 1.05. The number of nitrogen functional groups attached to an aromatic ring is 1. The average molecular weight is 243 g/mol. The number of halogens is 1.